The van der Waals surface area contributed by atoms with Crippen LogP contribution in [-0.2, 0) is 6.42 Å². The van der Waals surface area contributed by atoms with Crippen molar-refractivity contribution in [1.29, 1.82) is 0 Å². The number of hydrogen-bond acceptors (Lipinski definition) is 2. The van der Waals surface area contributed by atoms with E-state index in [9.17, 15) is 0 Å². The second-order valence-corrected chi connectivity index (χ2v) is 3.24. The summed E-state index contributed by atoms with van der Waals surface area (Å²) in [4.78, 5) is 4.07. The van der Waals surface area contributed by atoms with Gasteiger partial charge in [-0.05, 0) is 23.3 Å². The predicted octanol–water partition coefficient (Wildman–Crippen LogP) is 3.10. The summed E-state index contributed by atoms with van der Waals surface area (Å²) in [5.74, 6) is 0. The SMILES string of the molecule is Cl.Cl.Nc1ccccc1Cc1cccnc1. The van der Waals surface area contributed by atoms with Gasteiger partial charge in [0.05, 0.1) is 0 Å². The molecule has 0 aliphatic rings. The Hall–Kier alpha value is -1.25. The van der Waals surface area contributed by atoms with Crippen LogP contribution in [0, 0.1) is 0 Å². The summed E-state index contributed by atoms with van der Waals surface area (Å²) in [7, 11) is 0. The molecular weight excluding hydrogens is 243 g/mol. The molecule has 4 heteroatoms. The van der Waals surface area contributed by atoms with Gasteiger partial charge in [-0.15, -0.1) is 24.8 Å². The first-order valence-electron chi connectivity index (χ1n) is 4.58. The molecule has 1 aromatic carbocycles. The average Bonchev–Trinajstić information content (AvgIpc) is 2.23. The second kappa shape index (κ2) is 7.09. The van der Waals surface area contributed by atoms with E-state index >= 15 is 0 Å². The quantitative estimate of drug-likeness (QED) is 0.839. The maximum atomic E-state index is 5.85. The van der Waals surface area contributed by atoms with Gasteiger partial charge in [0.2, 0.25) is 0 Å². The van der Waals surface area contributed by atoms with Crippen LogP contribution in [0.2, 0.25) is 0 Å². The van der Waals surface area contributed by atoms with Crippen molar-refractivity contribution >= 4 is 30.5 Å². The second-order valence-electron chi connectivity index (χ2n) is 3.24. The van der Waals surface area contributed by atoms with E-state index in [1.165, 1.54) is 5.56 Å². The number of pyridine rings is 1. The van der Waals surface area contributed by atoms with Crippen molar-refractivity contribution in [2.45, 2.75) is 6.42 Å². The molecule has 16 heavy (non-hydrogen) atoms. The molecule has 0 unspecified atom stereocenters. The lowest BCUT2D eigenvalue weighted by atomic mass is 10.1. The van der Waals surface area contributed by atoms with Crippen molar-refractivity contribution in [3.8, 4) is 0 Å². The van der Waals surface area contributed by atoms with Gasteiger partial charge < -0.3 is 5.73 Å². The summed E-state index contributed by atoms with van der Waals surface area (Å²) in [5.41, 5.74) is 9.03. The van der Waals surface area contributed by atoms with Crippen molar-refractivity contribution in [1.82, 2.24) is 4.98 Å². The third-order valence-corrected chi connectivity index (χ3v) is 2.17. The summed E-state index contributed by atoms with van der Waals surface area (Å²) < 4.78 is 0. The fourth-order valence-electron chi connectivity index (χ4n) is 1.42. The summed E-state index contributed by atoms with van der Waals surface area (Å²) in [5, 5.41) is 0. The Morgan fingerprint density at radius 2 is 1.75 bits per heavy atom. The molecule has 0 atom stereocenters. The molecule has 0 amide bonds. The lowest BCUT2D eigenvalue weighted by molar-refractivity contribution is 1.15. The van der Waals surface area contributed by atoms with Crippen LogP contribution in [0.25, 0.3) is 0 Å². The van der Waals surface area contributed by atoms with Gasteiger partial charge in [0.15, 0.2) is 0 Å². The van der Waals surface area contributed by atoms with Crippen LogP contribution in [0.4, 0.5) is 5.69 Å². The third-order valence-electron chi connectivity index (χ3n) is 2.17. The maximum absolute atomic E-state index is 5.85. The lowest BCUT2D eigenvalue weighted by Gasteiger charge is -2.04. The number of para-hydroxylation sites is 1. The standard InChI is InChI=1S/C12H12N2.2ClH/c13-12-6-2-1-5-11(12)8-10-4-3-7-14-9-10;;/h1-7,9H,8,13H2;2*1H. The number of aromatic nitrogens is 1. The molecule has 0 saturated carbocycles. The maximum Gasteiger partial charge on any atom is 0.0349 e. The lowest BCUT2D eigenvalue weighted by Crippen LogP contribution is -1.95. The molecule has 0 aliphatic carbocycles. The van der Waals surface area contributed by atoms with Crippen LogP contribution >= 0.6 is 24.8 Å². The van der Waals surface area contributed by atoms with Gasteiger partial charge in [0.25, 0.3) is 0 Å². The molecule has 0 aliphatic heterocycles. The van der Waals surface area contributed by atoms with Crippen LogP contribution in [0.3, 0.4) is 0 Å². The molecule has 0 radical (unpaired) electrons. The number of anilines is 1. The average molecular weight is 257 g/mol. The van der Waals surface area contributed by atoms with Crippen molar-refractivity contribution in [3.63, 3.8) is 0 Å². The van der Waals surface area contributed by atoms with E-state index in [1.54, 1.807) is 6.20 Å². The van der Waals surface area contributed by atoms with Gasteiger partial charge in [-0.1, -0.05) is 24.3 Å². The van der Waals surface area contributed by atoms with E-state index in [-0.39, 0.29) is 24.8 Å². The molecule has 1 aromatic heterocycles. The Labute approximate surface area is 108 Å². The number of nitrogens with two attached hydrogens (primary N) is 1. The highest BCUT2D eigenvalue weighted by Gasteiger charge is 1.98. The highest BCUT2D eigenvalue weighted by atomic mass is 35.5. The van der Waals surface area contributed by atoms with Gasteiger partial charge in [-0.2, -0.15) is 0 Å². The number of rotatable bonds is 2. The molecule has 0 spiro atoms. The summed E-state index contributed by atoms with van der Waals surface area (Å²) in [6.07, 6.45) is 4.49. The van der Waals surface area contributed by atoms with E-state index in [2.05, 4.69) is 11.1 Å². The third kappa shape index (κ3) is 3.72. The normalized spacial score (nSPS) is 8.75. The topological polar surface area (TPSA) is 38.9 Å². The number of nitrogen functional groups attached to an aromatic ring is 1. The van der Waals surface area contributed by atoms with E-state index in [1.807, 2.05) is 36.5 Å². The van der Waals surface area contributed by atoms with Crippen molar-refractivity contribution < 1.29 is 0 Å². The minimum Gasteiger partial charge on any atom is -0.398 e. The Bertz CT molecular complexity index is 418. The molecule has 2 N–H and O–H groups in total. The van der Waals surface area contributed by atoms with Gasteiger partial charge in [0, 0.05) is 24.5 Å². The predicted molar refractivity (Wildman–Crippen MR) is 72.4 cm³/mol. The minimum atomic E-state index is 0. The zero-order chi connectivity index (χ0) is 9.80. The number of halogens is 2. The van der Waals surface area contributed by atoms with Crippen LogP contribution in [0.15, 0.2) is 48.8 Å². The first-order valence-corrected chi connectivity index (χ1v) is 4.58. The van der Waals surface area contributed by atoms with Crippen LogP contribution in [0.5, 0.6) is 0 Å². The Balaban J connectivity index is 0.00000112. The summed E-state index contributed by atoms with van der Waals surface area (Å²) in [6.45, 7) is 0. The van der Waals surface area contributed by atoms with E-state index in [4.69, 9.17) is 5.73 Å². The zero-order valence-electron chi connectivity index (χ0n) is 8.67. The minimum absolute atomic E-state index is 0. The fourth-order valence-corrected chi connectivity index (χ4v) is 1.42. The number of hydrogen-bond donors (Lipinski definition) is 1. The molecule has 2 nitrogen and oxygen atoms in total. The molecule has 86 valence electrons. The van der Waals surface area contributed by atoms with Crippen molar-refractivity contribution in [3.05, 3.63) is 59.9 Å². The van der Waals surface area contributed by atoms with E-state index in [0.717, 1.165) is 17.7 Å². The molecule has 1 heterocycles. The zero-order valence-corrected chi connectivity index (χ0v) is 10.3. The largest absolute Gasteiger partial charge is 0.398 e. The Morgan fingerprint density at radius 3 is 2.38 bits per heavy atom. The fraction of sp³-hybridized carbons (Fsp3) is 0.0833. The Kier molecular flexibility index (Phi) is 6.54. The highest BCUT2D eigenvalue weighted by Crippen LogP contribution is 2.14. The van der Waals surface area contributed by atoms with E-state index < -0.39 is 0 Å². The highest BCUT2D eigenvalue weighted by molar-refractivity contribution is 5.85. The van der Waals surface area contributed by atoms with Crippen molar-refractivity contribution in [2.75, 3.05) is 5.73 Å². The van der Waals surface area contributed by atoms with Crippen LogP contribution in [0.1, 0.15) is 11.1 Å². The molecule has 0 saturated heterocycles. The molecule has 2 rings (SSSR count). The van der Waals surface area contributed by atoms with Crippen LogP contribution < -0.4 is 5.73 Å². The Morgan fingerprint density at radius 1 is 1.00 bits per heavy atom. The van der Waals surface area contributed by atoms with Gasteiger partial charge in [-0.3, -0.25) is 4.98 Å². The van der Waals surface area contributed by atoms with Crippen molar-refractivity contribution in [2.24, 2.45) is 0 Å². The molecule has 2 aromatic rings. The number of nitrogens with zero attached hydrogens (tertiary/aromatic N) is 1. The van der Waals surface area contributed by atoms with Gasteiger partial charge >= 0.3 is 0 Å². The van der Waals surface area contributed by atoms with E-state index in [0.29, 0.717) is 0 Å². The van der Waals surface area contributed by atoms with Gasteiger partial charge in [-0.25, -0.2) is 0 Å². The monoisotopic (exact) mass is 256 g/mol. The summed E-state index contributed by atoms with van der Waals surface area (Å²) >= 11 is 0. The smallest absolute Gasteiger partial charge is 0.0349 e. The first-order chi connectivity index (χ1) is 6.86. The molecule has 0 bridgehead atoms. The number of benzene rings is 1. The summed E-state index contributed by atoms with van der Waals surface area (Å²) in [6, 6.07) is 11.9. The molecule has 0 fully saturated rings. The van der Waals surface area contributed by atoms with Gasteiger partial charge in [0.1, 0.15) is 0 Å². The van der Waals surface area contributed by atoms with Crippen LogP contribution in [-0.4, -0.2) is 4.98 Å². The molecular formula is C12H14Cl2N2. The first kappa shape index (κ1) is 14.8.